The van der Waals surface area contributed by atoms with E-state index < -0.39 is 0 Å². The van der Waals surface area contributed by atoms with Crippen LogP contribution in [-0.4, -0.2) is 65.5 Å². The maximum absolute atomic E-state index is 13.6. The van der Waals surface area contributed by atoms with Gasteiger partial charge in [-0.2, -0.15) is 0 Å². The molecule has 2 amide bonds. The number of hydrogen-bond donors (Lipinski definition) is 1. The molecule has 3 aliphatic rings. The zero-order chi connectivity index (χ0) is 22.7. The predicted octanol–water partition coefficient (Wildman–Crippen LogP) is 4.46. The molecule has 3 fully saturated rings. The van der Waals surface area contributed by atoms with E-state index in [0.29, 0.717) is 23.8 Å². The number of aromatic amines is 1. The third kappa shape index (κ3) is 3.62. The maximum Gasteiger partial charge on any atom is 0.256 e. The quantitative estimate of drug-likeness (QED) is 0.768. The third-order valence-corrected chi connectivity index (χ3v) is 7.83. The standard InChI is InChI=1S/C26H35N3O3/c1-25(2)11-19-12-26(3,15-25)16-29(19)23(30)17-7-8-22-20(10-17)21(13-27-22)24(31)28-9-5-6-18(28)14-32-4/h7-8,10,13,18-19,27H,5-6,9,11-12,14-16H2,1-4H3/t18-,19?,26?/m0/s1. The zero-order valence-electron chi connectivity index (χ0n) is 19.7. The van der Waals surface area contributed by atoms with Crippen molar-refractivity contribution in [3.63, 3.8) is 0 Å². The van der Waals surface area contributed by atoms with Gasteiger partial charge in [0.1, 0.15) is 0 Å². The molecule has 1 aromatic heterocycles. The van der Waals surface area contributed by atoms with Crippen molar-refractivity contribution in [3.05, 3.63) is 35.5 Å². The van der Waals surface area contributed by atoms with Crippen LogP contribution >= 0.6 is 0 Å². The van der Waals surface area contributed by atoms with Gasteiger partial charge in [-0.15, -0.1) is 0 Å². The van der Waals surface area contributed by atoms with Crippen LogP contribution in [0.1, 0.15) is 73.6 Å². The summed E-state index contributed by atoms with van der Waals surface area (Å²) in [7, 11) is 1.68. The molecule has 5 rings (SSSR count). The smallest absolute Gasteiger partial charge is 0.256 e. The predicted molar refractivity (Wildman–Crippen MR) is 125 cm³/mol. The molecule has 1 saturated carbocycles. The van der Waals surface area contributed by atoms with Gasteiger partial charge in [0.2, 0.25) is 0 Å². The summed E-state index contributed by atoms with van der Waals surface area (Å²) in [6.45, 7) is 9.11. The number of methoxy groups -OCH3 is 1. The van der Waals surface area contributed by atoms with E-state index in [1.807, 2.05) is 23.1 Å². The van der Waals surface area contributed by atoms with Crippen LogP contribution in [-0.2, 0) is 4.74 Å². The van der Waals surface area contributed by atoms with E-state index in [4.69, 9.17) is 4.74 Å². The molecule has 0 spiro atoms. The van der Waals surface area contributed by atoms with Gasteiger partial charge < -0.3 is 19.5 Å². The summed E-state index contributed by atoms with van der Waals surface area (Å²) in [5, 5.41) is 0.831. The Morgan fingerprint density at radius 3 is 2.75 bits per heavy atom. The number of aromatic nitrogens is 1. The highest BCUT2D eigenvalue weighted by Gasteiger charge is 2.51. The van der Waals surface area contributed by atoms with Gasteiger partial charge in [0, 0.05) is 48.9 Å². The average molecular weight is 438 g/mol. The second kappa shape index (κ2) is 7.62. The van der Waals surface area contributed by atoms with Crippen molar-refractivity contribution < 1.29 is 14.3 Å². The fourth-order valence-corrected chi connectivity index (χ4v) is 6.92. The average Bonchev–Trinajstić information content (AvgIpc) is 3.41. The number of carbonyl (C=O) groups excluding carboxylic acids is 2. The van der Waals surface area contributed by atoms with Crippen LogP contribution in [0.15, 0.2) is 24.4 Å². The third-order valence-electron chi connectivity index (χ3n) is 7.83. The molecule has 1 aliphatic carbocycles. The summed E-state index contributed by atoms with van der Waals surface area (Å²) in [4.78, 5) is 34.2. The normalized spacial score (nSPS) is 29.1. The lowest BCUT2D eigenvalue weighted by Gasteiger charge is -2.39. The molecule has 1 N–H and O–H groups in total. The molecular formula is C26H35N3O3. The Labute approximate surface area is 190 Å². The molecule has 172 valence electrons. The SMILES string of the molecule is COC[C@@H]1CCCN1C(=O)c1c[nH]c2ccc(C(=O)N3CC4(C)CC3CC(C)(C)C4)cc12. The van der Waals surface area contributed by atoms with Gasteiger partial charge in [0.05, 0.1) is 18.2 Å². The van der Waals surface area contributed by atoms with Crippen LogP contribution in [0.25, 0.3) is 10.9 Å². The van der Waals surface area contributed by atoms with Crippen molar-refractivity contribution in [1.82, 2.24) is 14.8 Å². The Morgan fingerprint density at radius 2 is 1.97 bits per heavy atom. The summed E-state index contributed by atoms with van der Waals surface area (Å²) in [5.74, 6) is 0.114. The minimum Gasteiger partial charge on any atom is -0.383 e. The van der Waals surface area contributed by atoms with Crippen LogP contribution in [0, 0.1) is 10.8 Å². The maximum atomic E-state index is 13.6. The van der Waals surface area contributed by atoms with Crippen molar-refractivity contribution >= 4 is 22.7 Å². The largest absolute Gasteiger partial charge is 0.383 e. The van der Waals surface area contributed by atoms with E-state index in [1.165, 1.54) is 0 Å². The van der Waals surface area contributed by atoms with Crippen molar-refractivity contribution in [3.8, 4) is 0 Å². The van der Waals surface area contributed by atoms with E-state index in [-0.39, 0.29) is 28.7 Å². The number of H-pyrrole nitrogens is 1. The highest BCUT2D eigenvalue weighted by molar-refractivity contribution is 6.09. The number of benzene rings is 1. The molecule has 2 saturated heterocycles. The number of carbonyl (C=O) groups is 2. The monoisotopic (exact) mass is 437 g/mol. The fraction of sp³-hybridized carbons (Fsp3) is 0.615. The molecule has 0 radical (unpaired) electrons. The number of hydrogen-bond acceptors (Lipinski definition) is 3. The number of nitrogens with zero attached hydrogens (tertiary/aromatic N) is 2. The Kier molecular flexibility index (Phi) is 5.12. The van der Waals surface area contributed by atoms with Gasteiger partial charge in [-0.05, 0) is 61.1 Å². The van der Waals surface area contributed by atoms with Gasteiger partial charge in [-0.25, -0.2) is 0 Å². The van der Waals surface area contributed by atoms with Crippen LogP contribution in [0.4, 0.5) is 0 Å². The van der Waals surface area contributed by atoms with Gasteiger partial charge in [-0.1, -0.05) is 20.8 Å². The summed E-state index contributed by atoms with van der Waals surface area (Å²) in [6.07, 6.45) is 7.06. The molecule has 3 atom stereocenters. The first kappa shape index (κ1) is 21.5. The van der Waals surface area contributed by atoms with Crippen LogP contribution in [0.5, 0.6) is 0 Å². The first-order chi connectivity index (χ1) is 15.2. The summed E-state index contributed by atoms with van der Waals surface area (Å²) >= 11 is 0. The molecule has 2 aliphatic heterocycles. The molecule has 6 heteroatoms. The first-order valence-corrected chi connectivity index (χ1v) is 11.9. The molecule has 2 bridgehead atoms. The number of amides is 2. The van der Waals surface area contributed by atoms with E-state index in [2.05, 4.69) is 30.7 Å². The molecule has 2 aromatic rings. The van der Waals surface area contributed by atoms with Gasteiger partial charge in [-0.3, -0.25) is 9.59 Å². The second-order valence-electron chi connectivity index (χ2n) is 11.4. The topological polar surface area (TPSA) is 65.6 Å². The lowest BCUT2D eigenvalue weighted by Crippen LogP contribution is -2.38. The molecule has 1 aromatic carbocycles. The highest BCUT2D eigenvalue weighted by Crippen LogP contribution is 2.52. The van der Waals surface area contributed by atoms with E-state index >= 15 is 0 Å². The van der Waals surface area contributed by atoms with E-state index in [1.54, 1.807) is 13.3 Å². The number of rotatable bonds is 4. The van der Waals surface area contributed by atoms with Crippen molar-refractivity contribution in [2.75, 3.05) is 26.8 Å². The molecule has 3 heterocycles. The molecular weight excluding hydrogens is 402 g/mol. The molecule has 2 unspecified atom stereocenters. The Morgan fingerprint density at radius 1 is 1.16 bits per heavy atom. The fourth-order valence-electron chi connectivity index (χ4n) is 6.92. The summed E-state index contributed by atoms with van der Waals surface area (Å²) in [6, 6.07) is 6.17. The summed E-state index contributed by atoms with van der Waals surface area (Å²) < 4.78 is 5.32. The van der Waals surface area contributed by atoms with Crippen LogP contribution in [0.2, 0.25) is 0 Å². The first-order valence-electron chi connectivity index (χ1n) is 11.9. The highest BCUT2D eigenvalue weighted by atomic mass is 16.5. The minimum atomic E-state index is 0.0201. The lowest BCUT2D eigenvalue weighted by atomic mass is 9.65. The number of ether oxygens (including phenoxy) is 1. The molecule has 32 heavy (non-hydrogen) atoms. The number of nitrogens with one attached hydrogen (secondary N) is 1. The lowest BCUT2D eigenvalue weighted by molar-refractivity contribution is 0.0631. The second-order valence-corrected chi connectivity index (χ2v) is 11.4. The van der Waals surface area contributed by atoms with Gasteiger partial charge in [0.25, 0.3) is 11.8 Å². The van der Waals surface area contributed by atoms with Crippen molar-refractivity contribution in [2.24, 2.45) is 10.8 Å². The number of likely N-dealkylation sites (tertiary alicyclic amines) is 2. The Hall–Kier alpha value is -2.34. The number of fused-ring (bicyclic) bond motifs is 3. The van der Waals surface area contributed by atoms with Gasteiger partial charge >= 0.3 is 0 Å². The van der Waals surface area contributed by atoms with E-state index in [0.717, 1.165) is 56.1 Å². The minimum absolute atomic E-state index is 0.0201. The molecule has 6 nitrogen and oxygen atoms in total. The summed E-state index contributed by atoms with van der Waals surface area (Å²) in [5.41, 5.74) is 2.68. The van der Waals surface area contributed by atoms with Crippen molar-refractivity contribution in [1.29, 1.82) is 0 Å². The van der Waals surface area contributed by atoms with Crippen molar-refractivity contribution in [2.45, 2.75) is 65.0 Å². The van der Waals surface area contributed by atoms with E-state index in [9.17, 15) is 9.59 Å². The van der Waals surface area contributed by atoms with Crippen LogP contribution in [0.3, 0.4) is 0 Å². The zero-order valence-corrected chi connectivity index (χ0v) is 19.7. The Bertz CT molecular complexity index is 1060. The van der Waals surface area contributed by atoms with Crippen LogP contribution < -0.4 is 0 Å². The van der Waals surface area contributed by atoms with Gasteiger partial charge in [0.15, 0.2) is 0 Å². The Balaban J connectivity index is 1.43.